The van der Waals surface area contributed by atoms with Crippen LogP contribution in [-0.2, 0) is 21.3 Å². The summed E-state index contributed by atoms with van der Waals surface area (Å²) in [5.41, 5.74) is 4.21. The van der Waals surface area contributed by atoms with Gasteiger partial charge >= 0.3 is 0 Å². The van der Waals surface area contributed by atoms with E-state index in [4.69, 9.17) is 28.7 Å². The first-order valence-electron chi connectivity index (χ1n) is 29.8. The van der Waals surface area contributed by atoms with Crippen molar-refractivity contribution in [2.45, 2.75) is 126 Å². The molecule has 5 aliphatic heterocycles. The first-order valence-corrected chi connectivity index (χ1v) is 31.2. The van der Waals surface area contributed by atoms with Crippen LogP contribution >= 0.6 is 0 Å². The second kappa shape index (κ2) is 22.6. The van der Waals surface area contributed by atoms with Crippen LogP contribution < -0.4 is 38.8 Å². The Labute approximate surface area is 489 Å². The van der Waals surface area contributed by atoms with Crippen molar-refractivity contribution in [3.05, 3.63) is 118 Å². The summed E-state index contributed by atoms with van der Waals surface area (Å²) in [6.07, 6.45) is 10.7. The number of nitro benzene ring substituents is 1. The molecule has 21 nitrogen and oxygen atoms in total. The number of benzene rings is 3. The summed E-state index contributed by atoms with van der Waals surface area (Å²) >= 11 is 0. The molecule has 0 bridgehead atoms. The summed E-state index contributed by atoms with van der Waals surface area (Å²) in [4.78, 5) is 48.6. The number of rotatable bonds is 15. The quantitative estimate of drug-likeness (QED) is 0.0554. The zero-order chi connectivity index (χ0) is 57.9. The fourth-order valence-electron chi connectivity index (χ4n) is 14.0. The maximum Gasteiger partial charge on any atom is 0.293 e. The number of hydrogen-bond acceptors (Lipinski definition) is 18. The molecule has 2 aliphatic carbocycles. The van der Waals surface area contributed by atoms with Crippen molar-refractivity contribution < 1.29 is 46.9 Å². The van der Waals surface area contributed by atoms with Crippen molar-refractivity contribution in [2.75, 3.05) is 80.8 Å². The number of nitrogens with zero attached hydrogens (tertiary/aromatic N) is 7. The van der Waals surface area contributed by atoms with Crippen LogP contribution in [0.25, 0.3) is 11.0 Å². The molecule has 3 saturated heterocycles. The number of carbonyl (C=O) groups excluding carboxylic acids is 1. The van der Waals surface area contributed by atoms with E-state index in [9.17, 15) is 28.4 Å². The van der Waals surface area contributed by atoms with Crippen molar-refractivity contribution in [1.29, 1.82) is 0 Å². The number of aromatic nitrogens is 3. The maximum absolute atomic E-state index is 14.9. The monoisotopic (exact) mass is 1170 g/mol. The standard InChI is InChI=1S/C62H74N10O11S/c1-39(2)82-54-7-5-4-6-46(54)53-37-68(36-41-28-55-60(65-35-41)81-27-26-80-55)23-24-70(53)44-32-62(33-44)18-21-69(22-19-62)43-8-10-47(50(30-43)71-49-15-25-79-38-56(49)83-59-52(71)29-42-14-20-63-57(42)66-59)58(73)67-84(77,78)45-9-11-48(51(31-45)72(75)76)64-34-40-12-16-61(3,74)17-13-40/h4-11,14,20,28-31,35,39-40,44,49,53,56,64,74H,12-13,15-19,21-27,32-34,36-38H2,1-3H3,(H,63,66)(H,67,73)/t40?,49-,53+,56-,61?/m0/s1. The van der Waals surface area contributed by atoms with Gasteiger partial charge in [0.15, 0.2) is 5.75 Å². The van der Waals surface area contributed by atoms with E-state index in [1.54, 1.807) is 12.3 Å². The fourth-order valence-corrected chi connectivity index (χ4v) is 15.0. The van der Waals surface area contributed by atoms with Gasteiger partial charge in [0, 0.05) is 93.6 Å². The zero-order valence-corrected chi connectivity index (χ0v) is 48.7. The number of piperidine rings is 1. The van der Waals surface area contributed by atoms with Crippen molar-refractivity contribution in [3.8, 4) is 23.3 Å². The van der Waals surface area contributed by atoms with Gasteiger partial charge in [0.2, 0.25) is 5.88 Å². The predicted octanol–water partition coefficient (Wildman–Crippen LogP) is 8.89. The van der Waals surface area contributed by atoms with E-state index >= 15 is 0 Å². The number of fused-ring (bicyclic) bond motifs is 4. The third kappa shape index (κ3) is 11.3. The number of amides is 1. The van der Waals surface area contributed by atoms with Crippen molar-refractivity contribution in [2.24, 2.45) is 11.3 Å². The average molecular weight is 1170 g/mol. The highest BCUT2D eigenvalue weighted by atomic mass is 32.2. The molecule has 4 N–H and O–H groups in total. The van der Waals surface area contributed by atoms with Gasteiger partial charge in [0.25, 0.3) is 27.5 Å². The Bertz CT molecular complexity index is 3550. The number of carbonyl (C=O) groups is 1. The van der Waals surface area contributed by atoms with E-state index < -0.39 is 43.1 Å². The van der Waals surface area contributed by atoms with Crippen LogP contribution in [0.5, 0.6) is 23.3 Å². The number of para-hydroxylation sites is 1. The highest BCUT2D eigenvalue weighted by molar-refractivity contribution is 7.90. The molecule has 3 atom stereocenters. The lowest BCUT2D eigenvalue weighted by Crippen LogP contribution is -2.59. The molecule has 0 radical (unpaired) electrons. The molecule has 8 heterocycles. The molecule has 13 rings (SSSR count). The van der Waals surface area contributed by atoms with E-state index in [-0.39, 0.29) is 47.4 Å². The van der Waals surface area contributed by atoms with Crippen LogP contribution in [0, 0.1) is 21.4 Å². The second-order valence-electron chi connectivity index (χ2n) is 24.7. The Morgan fingerprint density at radius 1 is 0.929 bits per heavy atom. The Kier molecular flexibility index (Phi) is 15.1. The number of H-pyrrole nitrogens is 1. The van der Waals surface area contributed by atoms with E-state index in [0.717, 1.165) is 106 Å². The first-order chi connectivity index (χ1) is 40.5. The Balaban J connectivity index is 0.752. The number of nitro groups is 1. The second-order valence-corrected chi connectivity index (χ2v) is 26.3. The van der Waals surface area contributed by atoms with Crippen LogP contribution in [0.2, 0.25) is 0 Å². The topological polar surface area (TPSA) is 239 Å². The molecule has 7 aliphatic rings. The molecule has 444 valence electrons. The predicted molar refractivity (Wildman–Crippen MR) is 316 cm³/mol. The lowest BCUT2D eigenvalue weighted by Gasteiger charge is -2.58. The summed E-state index contributed by atoms with van der Waals surface area (Å²) in [7, 11) is -4.65. The van der Waals surface area contributed by atoms with Crippen molar-refractivity contribution in [3.63, 3.8) is 0 Å². The van der Waals surface area contributed by atoms with Gasteiger partial charge in [-0.1, -0.05) is 18.2 Å². The SMILES string of the molecule is CC(C)Oc1ccccc1[C@H]1CN(Cc2cnc3c(c2)OCCO3)CCN1C1CC2(CCN(c3ccc(C(=O)NS(=O)(=O)c4ccc(NCC5CCC(C)(O)CC5)c([N+](=O)[O-])c4)c(N4c5cc6cc[nH]c6nc5O[C@H]5COCC[C@@H]54)c3)CC2)C1. The van der Waals surface area contributed by atoms with Crippen molar-refractivity contribution >= 4 is 55.4 Å². The van der Waals surface area contributed by atoms with E-state index in [0.29, 0.717) is 86.2 Å². The number of hydrogen-bond donors (Lipinski definition) is 4. The number of ether oxygens (including phenoxy) is 5. The van der Waals surface area contributed by atoms with Gasteiger partial charge in [0.05, 0.1) is 51.5 Å². The number of aromatic amines is 1. The van der Waals surface area contributed by atoms with Gasteiger partial charge in [-0.3, -0.25) is 24.7 Å². The summed E-state index contributed by atoms with van der Waals surface area (Å²) in [5.74, 6) is 1.82. The zero-order valence-electron chi connectivity index (χ0n) is 47.8. The minimum atomic E-state index is -4.65. The molecule has 1 amide bonds. The fraction of sp³-hybridized carbons (Fsp3) is 0.500. The van der Waals surface area contributed by atoms with Gasteiger partial charge in [-0.25, -0.2) is 18.1 Å². The molecule has 5 fully saturated rings. The smallest absolute Gasteiger partial charge is 0.293 e. The molecule has 3 aromatic heterocycles. The summed E-state index contributed by atoms with van der Waals surface area (Å²) < 4.78 is 61.5. The van der Waals surface area contributed by atoms with E-state index in [1.165, 1.54) is 17.7 Å². The number of sulfonamides is 1. The Morgan fingerprint density at radius 3 is 2.55 bits per heavy atom. The molecule has 3 aromatic carbocycles. The van der Waals surface area contributed by atoms with Gasteiger partial charge in [-0.15, -0.1) is 0 Å². The Hall–Kier alpha value is -7.24. The number of piperazine rings is 1. The molecule has 0 unspecified atom stereocenters. The average Bonchev–Trinajstić information content (AvgIpc) is 1.94. The molecule has 84 heavy (non-hydrogen) atoms. The molecule has 2 saturated carbocycles. The first kappa shape index (κ1) is 55.9. The van der Waals surface area contributed by atoms with Gasteiger partial charge in [0.1, 0.15) is 42.1 Å². The van der Waals surface area contributed by atoms with Gasteiger partial charge in [-0.2, -0.15) is 4.98 Å². The lowest BCUT2D eigenvalue weighted by molar-refractivity contribution is -0.384. The molecule has 6 aromatic rings. The lowest BCUT2D eigenvalue weighted by atomic mass is 9.59. The summed E-state index contributed by atoms with van der Waals surface area (Å²) in [5, 5.41) is 26.9. The molecular weight excluding hydrogens is 1090 g/mol. The van der Waals surface area contributed by atoms with Crippen LogP contribution in [0.4, 0.5) is 28.4 Å². The third-order valence-electron chi connectivity index (χ3n) is 18.6. The molecule has 1 spiro atoms. The maximum atomic E-state index is 14.9. The van der Waals surface area contributed by atoms with Crippen LogP contribution in [0.1, 0.15) is 106 Å². The number of nitrogens with one attached hydrogen (secondary N) is 3. The minimum absolute atomic E-state index is 0.0284. The van der Waals surface area contributed by atoms with Crippen LogP contribution in [0.3, 0.4) is 0 Å². The number of anilines is 4. The van der Waals surface area contributed by atoms with Gasteiger partial charge in [-0.05, 0) is 150 Å². The van der Waals surface area contributed by atoms with Gasteiger partial charge < -0.3 is 48.9 Å². The normalized spacial score (nSPS) is 24.4. The van der Waals surface area contributed by atoms with E-state index in [2.05, 4.69) is 83.8 Å². The van der Waals surface area contributed by atoms with E-state index in [1.807, 2.05) is 37.4 Å². The van der Waals surface area contributed by atoms with Crippen LogP contribution in [0.15, 0.2) is 96.2 Å². The van der Waals surface area contributed by atoms with Crippen molar-refractivity contribution in [1.82, 2.24) is 29.5 Å². The highest BCUT2D eigenvalue weighted by Crippen LogP contribution is 2.54. The summed E-state index contributed by atoms with van der Waals surface area (Å²) in [6.45, 7) is 13.1. The Morgan fingerprint density at radius 2 is 1.74 bits per heavy atom. The number of pyridine rings is 2. The van der Waals surface area contributed by atoms with Crippen LogP contribution in [-0.4, -0.2) is 145 Å². The highest BCUT2D eigenvalue weighted by Gasteiger charge is 2.51. The number of aliphatic hydroxyl groups is 1. The summed E-state index contributed by atoms with van der Waals surface area (Å²) in [6, 6.07) is 23.9. The minimum Gasteiger partial charge on any atom is -0.491 e. The third-order valence-corrected chi connectivity index (χ3v) is 19.9. The molecular formula is C62H74N10O11S. The largest absolute Gasteiger partial charge is 0.491 e. The molecule has 22 heteroatoms.